The third-order valence-corrected chi connectivity index (χ3v) is 14.1. The van der Waals surface area contributed by atoms with Crippen LogP contribution in [-0.4, -0.2) is 219 Å². The summed E-state index contributed by atoms with van der Waals surface area (Å²) in [6.07, 6.45) is 2.52. The number of nitrogens with zero attached hydrogens (tertiary/aromatic N) is 2. The molecule has 1 aliphatic rings. The van der Waals surface area contributed by atoms with Gasteiger partial charge in [-0.05, 0) is 80.6 Å². The SMILES string of the molecule is CCCOCCOCCOCCOCCOCCOc1ccc2c(c1)c(C(=O)Oc1c(C)cc(C(=O)NCCCCCC(=O)ON3C(=O)CCC3=O)cc1C)c1cc(OCCOCCOCCOCCOCCOCCOC)ccc1[n+]2CCCS(=O)(=O)O. The molecule has 0 atom stereocenters. The summed E-state index contributed by atoms with van der Waals surface area (Å²) in [5.41, 5.74) is 2.52. The minimum absolute atomic E-state index is 0.00505. The van der Waals surface area contributed by atoms with Crippen molar-refractivity contribution in [2.45, 2.75) is 78.7 Å². The number of aryl methyl sites for hydroxylation is 3. The fraction of sp³-hybridized carbons (Fsp3) is 0.613. The van der Waals surface area contributed by atoms with Crippen LogP contribution in [0.15, 0.2) is 48.5 Å². The second-order valence-corrected chi connectivity index (χ2v) is 21.9. The molecule has 26 nitrogen and oxygen atoms in total. The molecule has 2 heterocycles. The molecule has 496 valence electrons. The number of nitrogens with one attached hydrogen (secondary N) is 1. The second-order valence-electron chi connectivity index (χ2n) is 20.3. The highest BCUT2D eigenvalue weighted by atomic mass is 32.2. The minimum Gasteiger partial charge on any atom is -0.491 e. The van der Waals surface area contributed by atoms with Gasteiger partial charge in [-0.1, -0.05) is 13.3 Å². The molecule has 4 aromatic rings. The van der Waals surface area contributed by atoms with Crippen LogP contribution >= 0.6 is 0 Å². The predicted molar refractivity (Wildman–Crippen MR) is 323 cm³/mol. The van der Waals surface area contributed by atoms with Crippen LogP contribution in [0.5, 0.6) is 17.2 Å². The first-order valence-corrected chi connectivity index (χ1v) is 31.9. The summed E-state index contributed by atoms with van der Waals surface area (Å²) >= 11 is 0. The van der Waals surface area contributed by atoms with Gasteiger partial charge in [0, 0.05) is 63.6 Å². The van der Waals surface area contributed by atoms with Crippen LogP contribution in [0.4, 0.5) is 0 Å². The first-order valence-electron chi connectivity index (χ1n) is 30.3. The summed E-state index contributed by atoms with van der Waals surface area (Å²) in [4.78, 5) is 69.1. The summed E-state index contributed by atoms with van der Waals surface area (Å²) in [6, 6.07) is 13.6. The van der Waals surface area contributed by atoms with Crippen molar-refractivity contribution in [3.8, 4) is 17.2 Å². The smallest absolute Gasteiger partial charge is 0.345 e. The van der Waals surface area contributed by atoms with E-state index in [1.54, 1.807) is 69.5 Å². The van der Waals surface area contributed by atoms with E-state index in [4.69, 9.17) is 71.2 Å². The van der Waals surface area contributed by atoms with Gasteiger partial charge in [-0.2, -0.15) is 13.0 Å². The number of pyridine rings is 1. The van der Waals surface area contributed by atoms with Crippen LogP contribution < -0.4 is 24.1 Å². The van der Waals surface area contributed by atoms with E-state index in [9.17, 15) is 32.1 Å². The lowest BCUT2D eigenvalue weighted by atomic mass is 10.0. The number of fused-ring (bicyclic) bond motifs is 2. The monoisotopic (exact) mass is 1280 g/mol. The van der Waals surface area contributed by atoms with E-state index < -0.39 is 39.6 Å². The Morgan fingerprint density at radius 1 is 0.562 bits per heavy atom. The number of unbranched alkanes of at least 4 members (excludes halogenated alkanes) is 2. The first kappa shape index (κ1) is 73.7. The molecule has 0 aliphatic carbocycles. The Labute approximate surface area is 520 Å². The molecule has 27 heteroatoms. The van der Waals surface area contributed by atoms with Crippen molar-refractivity contribution in [3.63, 3.8) is 0 Å². The van der Waals surface area contributed by atoms with E-state index in [-0.39, 0.29) is 75.9 Å². The van der Waals surface area contributed by atoms with Crippen molar-refractivity contribution in [2.75, 3.05) is 171 Å². The zero-order valence-corrected chi connectivity index (χ0v) is 52.7. The zero-order chi connectivity index (χ0) is 63.9. The van der Waals surface area contributed by atoms with Crippen molar-refractivity contribution < 1.29 is 113 Å². The number of ether oxygens (including phenoxy) is 14. The van der Waals surface area contributed by atoms with Crippen molar-refractivity contribution in [1.29, 1.82) is 0 Å². The average Bonchev–Trinajstić information content (AvgIpc) is 1.20. The number of imide groups is 1. The van der Waals surface area contributed by atoms with Crippen molar-refractivity contribution in [2.24, 2.45) is 0 Å². The summed E-state index contributed by atoms with van der Waals surface area (Å²) in [7, 11) is -2.70. The number of esters is 1. The topological polar surface area (TPSA) is 297 Å². The van der Waals surface area contributed by atoms with Crippen LogP contribution in [0.25, 0.3) is 21.8 Å². The number of methoxy groups -OCH3 is 1. The summed E-state index contributed by atoms with van der Waals surface area (Å²) in [5, 5.41) is 4.20. The van der Waals surface area contributed by atoms with Gasteiger partial charge in [0.1, 0.15) is 30.5 Å². The molecular weight excluding hydrogens is 1190 g/mol. The van der Waals surface area contributed by atoms with Crippen LogP contribution in [0.1, 0.15) is 90.1 Å². The van der Waals surface area contributed by atoms with Gasteiger partial charge in [0.2, 0.25) is 11.0 Å². The number of hydrogen-bond donors (Lipinski definition) is 2. The number of hydroxylamine groups is 2. The molecule has 0 bridgehead atoms. The Morgan fingerprint density at radius 2 is 0.989 bits per heavy atom. The van der Waals surface area contributed by atoms with Gasteiger partial charge in [-0.3, -0.25) is 18.9 Å². The van der Waals surface area contributed by atoms with E-state index in [0.29, 0.717) is 206 Å². The van der Waals surface area contributed by atoms with Gasteiger partial charge < -0.3 is 76.5 Å². The van der Waals surface area contributed by atoms with E-state index >= 15 is 4.79 Å². The van der Waals surface area contributed by atoms with Crippen LogP contribution in [0.3, 0.4) is 0 Å². The molecule has 0 spiro atoms. The highest BCUT2D eigenvalue weighted by Crippen LogP contribution is 2.34. The largest absolute Gasteiger partial charge is 0.491 e. The third-order valence-electron chi connectivity index (χ3n) is 13.3. The molecule has 1 aromatic heterocycles. The normalized spacial score (nSPS) is 12.6. The lowest BCUT2D eigenvalue weighted by Crippen LogP contribution is -2.37. The number of carbonyl (C=O) groups excluding carboxylic acids is 5. The molecule has 3 amide bonds. The maximum Gasteiger partial charge on any atom is 0.345 e. The zero-order valence-electron chi connectivity index (χ0n) is 51.9. The Balaban J connectivity index is 1.24. The lowest BCUT2D eigenvalue weighted by Gasteiger charge is -2.16. The van der Waals surface area contributed by atoms with Crippen molar-refractivity contribution in [1.82, 2.24) is 10.4 Å². The number of hydrogen-bond acceptors (Lipinski definition) is 22. The summed E-state index contributed by atoms with van der Waals surface area (Å²) in [5.74, 6) is -2.40. The standard InChI is InChI=1S/C62H89N3O23S/c1-5-19-75-22-23-77-26-27-79-30-32-81-34-36-83-38-40-85-50-11-13-54-52(45-50)59(62(70)87-60-47(2)43-49(44-48(60)3)61(69)63-17-8-6-7-10-58(68)88-65-56(66)15-16-57(65)67)53-46-51(12-14-55(53)64(54)18-9-42-89(71,72)73)86-41-39-84-37-35-82-33-31-80-29-28-78-25-24-76-21-20-74-4/h11-14,43-46H,5-10,15-42H2,1-4H3,(H-,63,69,71,72,73)/p+1. The molecular formula is C62H90N3O23S+. The molecule has 1 aliphatic heterocycles. The Kier molecular flexibility index (Phi) is 35.5. The maximum atomic E-state index is 15.0. The maximum absolute atomic E-state index is 15.0. The number of carbonyl (C=O) groups is 5. The molecule has 5 rings (SSSR count). The Hall–Kier alpha value is -6.05. The number of benzene rings is 3. The molecule has 2 N–H and O–H groups in total. The lowest BCUT2D eigenvalue weighted by molar-refractivity contribution is -0.645. The number of aromatic nitrogens is 1. The Bertz CT molecular complexity index is 2870. The quantitative estimate of drug-likeness (QED) is 0.0108. The number of amides is 3. The van der Waals surface area contributed by atoms with Gasteiger partial charge in [-0.25, -0.2) is 9.59 Å². The summed E-state index contributed by atoms with van der Waals surface area (Å²) < 4.78 is 115. The molecule has 89 heavy (non-hydrogen) atoms. The predicted octanol–water partition coefficient (Wildman–Crippen LogP) is 5.27. The molecule has 3 aromatic carbocycles. The van der Waals surface area contributed by atoms with Gasteiger partial charge in [-0.15, -0.1) is 5.06 Å². The van der Waals surface area contributed by atoms with Crippen LogP contribution in [0, 0.1) is 13.8 Å². The van der Waals surface area contributed by atoms with Gasteiger partial charge in [0.25, 0.3) is 27.8 Å². The van der Waals surface area contributed by atoms with Gasteiger partial charge in [0.15, 0.2) is 6.54 Å². The number of rotatable bonds is 51. The van der Waals surface area contributed by atoms with Crippen molar-refractivity contribution in [3.05, 3.63) is 70.8 Å². The van der Waals surface area contributed by atoms with E-state index in [2.05, 4.69) is 12.2 Å². The molecule has 1 fully saturated rings. The molecule has 0 radical (unpaired) electrons. The minimum atomic E-state index is -4.32. The fourth-order valence-corrected chi connectivity index (χ4v) is 9.47. The second kappa shape index (κ2) is 42.8. The first-order chi connectivity index (χ1) is 43.2. The van der Waals surface area contributed by atoms with Crippen molar-refractivity contribution >= 4 is 61.6 Å². The molecule has 0 saturated carbocycles. The van der Waals surface area contributed by atoms with E-state index in [0.717, 1.165) is 6.42 Å². The highest BCUT2D eigenvalue weighted by Gasteiger charge is 2.33. The third kappa shape index (κ3) is 28.3. The Morgan fingerprint density at radius 3 is 1.42 bits per heavy atom. The summed E-state index contributed by atoms with van der Waals surface area (Å²) in [6.45, 7) is 15.1. The van der Waals surface area contributed by atoms with Crippen LogP contribution in [0.2, 0.25) is 0 Å². The van der Waals surface area contributed by atoms with Gasteiger partial charge >= 0.3 is 11.9 Å². The van der Waals surface area contributed by atoms with E-state index in [1.165, 1.54) is 0 Å². The fourth-order valence-electron chi connectivity index (χ4n) is 8.98. The highest BCUT2D eigenvalue weighted by molar-refractivity contribution is 7.85. The van der Waals surface area contributed by atoms with Gasteiger partial charge in [0.05, 0.1) is 154 Å². The molecule has 0 unspecified atom stereocenters. The van der Waals surface area contributed by atoms with E-state index in [1.807, 2.05) is 4.57 Å². The average molecular weight is 1280 g/mol. The molecule has 1 saturated heterocycles. The van der Waals surface area contributed by atoms with Crippen LogP contribution in [-0.2, 0) is 88.0 Å².